The third kappa shape index (κ3) is 6.22. The zero-order valence-corrected chi connectivity index (χ0v) is 18.8. The SMILES string of the molecule is Cc1cc(C)cc(N([C@H](C)C(=O)NCCOc2ccc(C)cc2C)S(C)(=O)=O)c1. The number of rotatable bonds is 8. The van der Waals surface area contributed by atoms with Gasteiger partial charge in [0.05, 0.1) is 18.5 Å². The molecule has 0 radical (unpaired) electrons. The van der Waals surface area contributed by atoms with Crippen LogP contribution in [0, 0.1) is 27.7 Å². The van der Waals surface area contributed by atoms with Crippen molar-refractivity contribution in [2.24, 2.45) is 0 Å². The highest BCUT2D eigenvalue weighted by Crippen LogP contribution is 2.24. The first kappa shape index (κ1) is 22.7. The van der Waals surface area contributed by atoms with Crippen LogP contribution in [0.5, 0.6) is 5.75 Å². The molecular weight excluding hydrogens is 388 g/mol. The number of hydrogen-bond acceptors (Lipinski definition) is 4. The number of anilines is 1. The van der Waals surface area contributed by atoms with Gasteiger partial charge in [0.2, 0.25) is 15.9 Å². The Kier molecular flexibility index (Phi) is 7.30. The summed E-state index contributed by atoms with van der Waals surface area (Å²) >= 11 is 0. The number of nitrogens with one attached hydrogen (secondary N) is 1. The maximum Gasteiger partial charge on any atom is 0.243 e. The van der Waals surface area contributed by atoms with Crippen LogP contribution in [-0.4, -0.2) is 39.8 Å². The first-order valence-corrected chi connectivity index (χ1v) is 11.4. The molecule has 0 spiro atoms. The topological polar surface area (TPSA) is 75.7 Å². The van der Waals surface area contributed by atoms with Crippen molar-refractivity contribution >= 4 is 21.6 Å². The lowest BCUT2D eigenvalue weighted by Gasteiger charge is -2.28. The van der Waals surface area contributed by atoms with Crippen LogP contribution in [0.1, 0.15) is 29.2 Å². The van der Waals surface area contributed by atoms with Gasteiger partial charge in [-0.2, -0.15) is 0 Å². The van der Waals surface area contributed by atoms with Gasteiger partial charge in [0.1, 0.15) is 18.4 Å². The maximum absolute atomic E-state index is 12.6. The Morgan fingerprint density at radius 2 is 1.66 bits per heavy atom. The van der Waals surface area contributed by atoms with Crippen LogP contribution in [0.15, 0.2) is 36.4 Å². The third-order valence-electron chi connectivity index (χ3n) is 4.54. The molecule has 6 nitrogen and oxygen atoms in total. The number of carbonyl (C=O) groups excluding carboxylic acids is 1. The number of amides is 1. The number of benzene rings is 2. The number of hydrogen-bond donors (Lipinski definition) is 1. The highest BCUT2D eigenvalue weighted by molar-refractivity contribution is 7.92. The molecule has 1 amide bonds. The Morgan fingerprint density at radius 1 is 1.03 bits per heavy atom. The van der Waals surface area contributed by atoms with E-state index in [0.29, 0.717) is 12.3 Å². The molecule has 0 aliphatic carbocycles. The maximum atomic E-state index is 12.6. The van der Waals surface area contributed by atoms with Crippen molar-refractivity contribution in [1.29, 1.82) is 0 Å². The van der Waals surface area contributed by atoms with Gasteiger partial charge in [-0.25, -0.2) is 8.42 Å². The van der Waals surface area contributed by atoms with Crippen molar-refractivity contribution in [1.82, 2.24) is 5.32 Å². The fourth-order valence-electron chi connectivity index (χ4n) is 3.33. The van der Waals surface area contributed by atoms with Crippen LogP contribution in [0.2, 0.25) is 0 Å². The number of sulfonamides is 1. The molecule has 7 heteroatoms. The van der Waals surface area contributed by atoms with E-state index < -0.39 is 16.1 Å². The monoisotopic (exact) mass is 418 g/mol. The lowest BCUT2D eigenvalue weighted by Crippen LogP contribution is -2.48. The second-order valence-electron chi connectivity index (χ2n) is 7.49. The Morgan fingerprint density at radius 3 is 2.21 bits per heavy atom. The molecule has 0 saturated carbocycles. The number of carbonyl (C=O) groups is 1. The van der Waals surface area contributed by atoms with Gasteiger partial charge in [0.25, 0.3) is 0 Å². The summed E-state index contributed by atoms with van der Waals surface area (Å²) in [6.45, 7) is 9.93. The largest absolute Gasteiger partial charge is 0.491 e. The van der Waals surface area contributed by atoms with Crippen molar-refractivity contribution in [2.45, 2.75) is 40.7 Å². The Hall–Kier alpha value is -2.54. The van der Waals surface area contributed by atoms with Gasteiger partial charge >= 0.3 is 0 Å². The Labute approximate surface area is 173 Å². The summed E-state index contributed by atoms with van der Waals surface area (Å²) in [6, 6.07) is 10.5. The van der Waals surface area contributed by atoms with Gasteiger partial charge in [-0.1, -0.05) is 23.8 Å². The molecule has 0 unspecified atom stereocenters. The Bertz CT molecular complexity index is 966. The summed E-state index contributed by atoms with van der Waals surface area (Å²) in [6.07, 6.45) is 1.11. The predicted molar refractivity (Wildman–Crippen MR) is 117 cm³/mol. The zero-order valence-electron chi connectivity index (χ0n) is 17.9. The quantitative estimate of drug-likeness (QED) is 0.668. The van der Waals surface area contributed by atoms with E-state index in [-0.39, 0.29) is 12.5 Å². The molecule has 2 rings (SSSR count). The molecule has 1 N–H and O–H groups in total. The van der Waals surface area contributed by atoms with Crippen molar-refractivity contribution in [3.05, 3.63) is 58.7 Å². The van der Waals surface area contributed by atoms with E-state index in [2.05, 4.69) is 5.32 Å². The average Bonchev–Trinajstić information content (AvgIpc) is 2.58. The Balaban J connectivity index is 2.03. The molecule has 0 aromatic heterocycles. The van der Waals surface area contributed by atoms with Gasteiger partial charge in [0.15, 0.2) is 0 Å². The summed E-state index contributed by atoms with van der Waals surface area (Å²) in [5.74, 6) is 0.393. The van der Waals surface area contributed by atoms with Crippen molar-refractivity contribution < 1.29 is 17.9 Å². The molecule has 2 aromatic carbocycles. The lowest BCUT2D eigenvalue weighted by molar-refractivity contribution is -0.121. The molecule has 0 fully saturated rings. The second kappa shape index (κ2) is 9.31. The summed E-state index contributed by atoms with van der Waals surface area (Å²) < 4.78 is 31.7. The standard InChI is InChI=1S/C22H30N2O4S/c1-15-7-8-21(18(4)12-15)28-10-9-23-22(25)19(5)24(29(6,26)27)20-13-16(2)11-17(3)14-20/h7-8,11-14,19H,9-10H2,1-6H3,(H,23,25)/t19-/m1/s1. The van der Waals surface area contributed by atoms with E-state index in [0.717, 1.165) is 38.6 Å². The fraction of sp³-hybridized carbons (Fsp3) is 0.409. The van der Waals surface area contributed by atoms with Gasteiger partial charge in [0, 0.05) is 0 Å². The van der Waals surface area contributed by atoms with Gasteiger partial charge < -0.3 is 10.1 Å². The molecule has 0 heterocycles. The molecule has 1 atom stereocenters. The van der Waals surface area contributed by atoms with Gasteiger partial charge in [-0.15, -0.1) is 0 Å². The predicted octanol–water partition coefficient (Wildman–Crippen LogP) is 3.27. The van der Waals surface area contributed by atoms with Crippen LogP contribution in [0.25, 0.3) is 0 Å². The number of ether oxygens (including phenoxy) is 1. The van der Waals surface area contributed by atoms with Crippen LogP contribution < -0.4 is 14.4 Å². The minimum atomic E-state index is -3.64. The van der Waals surface area contributed by atoms with E-state index in [1.54, 1.807) is 19.1 Å². The van der Waals surface area contributed by atoms with Crippen LogP contribution in [0.4, 0.5) is 5.69 Å². The van der Waals surface area contributed by atoms with Gasteiger partial charge in [-0.3, -0.25) is 9.10 Å². The van der Waals surface area contributed by atoms with Crippen molar-refractivity contribution in [2.75, 3.05) is 23.7 Å². The molecule has 0 bridgehead atoms. The molecule has 0 aliphatic heterocycles. The molecule has 2 aromatic rings. The van der Waals surface area contributed by atoms with Gasteiger partial charge in [-0.05, 0) is 69.5 Å². The van der Waals surface area contributed by atoms with E-state index in [4.69, 9.17) is 4.74 Å². The number of aryl methyl sites for hydroxylation is 4. The van der Waals surface area contributed by atoms with E-state index in [9.17, 15) is 13.2 Å². The minimum Gasteiger partial charge on any atom is -0.491 e. The van der Waals surface area contributed by atoms with E-state index in [1.807, 2.05) is 52.0 Å². The molecule has 158 valence electrons. The average molecular weight is 419 g/mol. The highest BCUT2D eigenvalue weighted by atomic mass is 32.2. The smallest absolute Gasteiger partial charge is 0.243 e. The normalized spacial score (nSPS) is 12.3. The lowest BCUT2D eigenvalue weighted by atomic mass is 10.1. The van der Waals surface area contributed by atoms with Crippen molar-refractivity contribution in [3.8, 4) is 5.75 Å². The summed E-state index contributed by atoms with van der Waals surface area (Å²) in [5.41, 5.74) is 4.54. The minimum absolute atomic E-state index is 0.279. The zero-order chi connectivity index (χ0) is 21.8. The first-order chi connectivity index (χ1) is 13.5. The molecule has 29 heavy (non-hydrogen) atoms. The molecule has 0 saturated heterocycles. The molecular formula is C22H30N2O4S. The molecule has 0 aliphatic rings. The summed E-state index contributed by atoms with van der Waals surface area (Å²) in [4.78, 5) is 12.6. The summed E-state index contributed by atoms with van der Waals surface area (Å²) in [5, 5.41) is 2.77. The van der Waals surface area contributed by atoms with Crippen LogP contribution in [-0.2, 0) is 14.8 Å². The van der Waals surface area contributed by atoms with E-state index in [1.165, 1.54) is 0 Å². The van der Waals surface area contributed by atoms with Crippen LogP contribution >= 0.6 is 0 Å². The van der Waals surface area contributed by atoms with Crippen LogP contribution in [0.3, 0.4) is 0 Å². The second-order valence-corrected chi connectivity index (χ2v) is 9.35. The highest BCUT2D eigenvalue weighted by Gasteiger charge is 2.29. The van der Waals surface area contributed by atoms with E-state index >= 15 is 0 Å². The summed E-state index contributed by atoms with van der Waals surface area (Å²) in [7, 11) is -3.64. The fourth-order valence-corrected chi connectivity index (χ4v) is 4.49. The first-order valence-electron chi connectivity index (χ1n) is 9.54. The number of nitrogens with zero attached hydrogens (tertiary/aromatic N) is 1. The third-order valence-corrected chi connectivity index (χ3v) is 5.78. The van der Waals surface area contributed by atoms with Crippen molar-refractivity contribution in [3.63, 3.8) is 0 Å².